The molecule has 5 heteroatoms. The maximum Gasteiger partial charge on any atom is 0.188 e. The van der Waals surface area contributed by atoms with Gasteiger partial charge in [0.25, 0.3) is 0 Å². The van der Waals surface area contributed by atoms with Crippen LogP contribution in [0.25, 0.3) is 0 Å². The number of likely N-dealkylation sites (tertiary alicyclic amines) is 1. The third-order valence-corrected chi connectivity index (χ3v) is 3.78. The summed E-state index contributed by atoms with van der Waals surface area (Å²) in [5.74, 6) is 1.35. The average molecular weight is 270 g/mol. The Morgan fingerprint density at radius 2 is 2.16 bits per heavy atom. The lowest BCUT2D eigenvalue weighted by Gasteiger charge is -2.30. The predicted octanol–water partition coefficient (Wildman–Crippen LogP) is 1.05. The van der Waals surface area contributed by atoms with Gasteiger partial charge in [-0.1, -0.05) is 6.92 Å². The molecule has 5 nitrogen and oxygen atoms in total. The molecule has 0 amide bonds. The third-order valence-electron chi connectivity index (χ3n) is 3.78. The first-order chi connectivity index (χ1) is 9.15. The molecule has 0 aliphatic carbocycles. The average Bonchev–Trinajstić information content (AvgIpc) is 2.39. The van der Waals surface area contributed by atoms with Crippen molar-refractivity contribution in [3.05, 3.63) is 0 Å². The van der Waals surface area contributed by atoms with Crippen molar-refractivity contribution in [3.8, 4) is 0 Å². The fourth-order valence-electron chi connectivity index (χ4n) is 2.55. The molecule has 0 radical (unpaired) electrons. The van der Waals surface area contributed by atoms with Crippen molar-refractivity contribution in [2.24, 2.45) is 16.6 Å². The van der Waals surface area contributed by atoms with Crippen molar-refractivity contribution in [3.63, 3.8) is 0 Å². The maximum absolute atomic E-state index is 5.84. The number of hydrogen-bond acceptors (Lipinski definition) is 3. The van der Waals surface area contributed by atoms with Crippen LogP contribution in [0.5, 0.6) is 0 Å². The second-order valence-corrected chi connectivity index (χ2v) is 5.43. The van der Waals surface area contributed by atoms with Crippen molar-refractivity contribution in [1.82, 2.24) is 10.2 Å². The van der Waals surface area contributed by atoms with E-state index in [0.717, 1.165) is 18.9 Å². The van der Waals surface area contributed by atoms with Gasteiger partial charge in [0, 0.05) is 19.7 Å². The molecule has 1 heterocycles. The maximum atomic E-state index is 5.84. The number of rotatable bonds is 7. The molecule has 112 valence electrons. The number of ether oxygens (including phenoxy) is 1. The van der Waals surface area contributed by atoms with Crippen LogP contribution < -0.4 is 11.1 Å². The van der Waals surface area contributed by atoms with Crippen molar-refractivity contribution < 1.29 is 4.74 Å². The molecule has 0 saturated carbocycles. The molecule has 1 aliphatic heterocycles. The number of nitrogens with two attached hydrogens (primary N) is 1. The van der Waals surface area contributed by atoms with Crippen LogP contribution in [-0.4, -0.2) is 56.8 Å². The summed E-state index contributed by atoms with van der Waals surface area (Å²) in [4.78, 5) is 6.91. The summed E-state index contributed by atoms with van der Waals surface area (Å²) in [6.07, 6.45) is 3.76. The lowest BCUT2D eigenvalue weighted by Crippen LogP contribution is -2.40. The second kappa shape index (κ2) is 9.15. The molecule has 0 aromatic rings. The minimum absolute atomic E-state index is 0.210. The van der Waals surface area contributed by atoms with Crippen molar-refractivity contribution >= 4 is 5.96 Å². The Bertz CT molecular complexity index is 262. The minimum Gasteiger partial charge on any atom is -0.383 e. The zero-order valence-corrected chi connectivity index (χ0v) is 12.7. The standard InChI is InChI=1S/C14H30N4O/c1-4-18-9-6-13(7-10-18)5-8-16-14(15)17-12(2)11-19-3/h12-13H,4-11H2,1-3H3,(H3,15,16,17). The van der Waals surface area contributed by atoms with Gasteiger partial charge in [-0.05, 0) is 51.7 Å². The van der Waals surface area contributed by atoms with E-state index in [2.05, 4.69) is 22.1 Å². The van der Waals surface area contributed by atoms with Crippen LogP contribution in [-0.2, 0) is 4.74 Å². The van der Waals surface area contributed by atoms with Gasteiger partial charge < -0.3 is 20.7 Å². The Kier molecular flexibility index (Phi) is 7.82. The molecule has 0 aromatic carbocycles. The summed E-state index contributed by atoms with van der Waals surface area (Å²) in [6, 6.07) is 0.210. The van der Waals surface area contributed by atoms with Crippen LogP contribution in [0.4, 0.5) is 0 Å². The Balaban J connectivity index is 2.15. The second-order valence-electron chi connectivity index (χ2n) is 5.43. The number of hydrogen-bond donors (Lipinski definition) is 2. The van der Waals surface area contributed by atoms with Gasteiger partial charge in [-0.2, -0.15) is 0 Å². The molecule has 1 saturated heterocycles. The molecule has 19 heavy (non-hydrogen) atoms. The van der Waals surface area contributed by atoms with Gasteiger partial charge in [0.05, 0.1) is 6.61 Å². The lowest BCUT2D eigenvalue weighted by molar-refractivity contribution is 0.179. The molecule has 1 unspecified atom stereocenters. The summed E-state index contributed by atoms with van der Waals surface area (Å²) in [5.41, 5.74) is 5.84. The van der Waals surface area contributed by atoms with Crippen molar-refractivity contribution in [2.75, 3.05) is 39.9 Å². The van der Waals surface area contributed by atoms with E-state index < -0.39 is 0 Å². The summed E-state index contributed by atoms with van der Waals surface area (Å²) >= 11 is 0. The molecule has 1 atom stereocenters. The molecule has 1 aliphatic rings. The third kappa shape index (κ3) is 6.78. The Morgan fingerprint density at radius 3 is 2.74 bits per heavy atom. The van der Waals surface area contributed by atoms with Crippen molar-refractivity contribution in [1.29, 1.82) is 0 Å². The Hall–Kier alpha value is -0.810. The van der Waals surface area contributed by atoms with E-state index in [1.54, 1.807) is 7.11 Å². The van der Waals surface area contributed by atoms with E-state index >= 15 is 0 Å². The highest BCUT2D eigenvalue weighted by molar-refractivity contribution is 5.78. The monoisotopic (exact) mass is 270 g/mol. The van der Waals surface area contributed by atoms with Gasteiger partial charge >= 0.3 is 0 Å². The van der Waals surface area contributed by atoms with E-state index in [1.807, 2.05) is 6.92 Å². The number of aliphatic imine (C=N–C) groups is 1. The summed E-state index contributed by atoms with van der Waals surface area (Å²) in [5, 5.41) is 3.13. The van der Waals surface area contributed by atoms with Gasteiger partial charge in [0.15, 0.2) is 5.96 Å². The first-order valence-electron chi connectivity index (χ1n) is 7.43. The van der Waals surface area contributed by atoms with Gasteiger partial charge in [-0.3, -0.25) is 4.99 Å². The van der Waals surface area contributed by atoms with Gasteiger partial charge in [0.1, 0.15) is 0 Å². The van der Waals surface area contributed by atoms with E-state index in [9.17, 15) is 0 Å². The zero-order chi connectivity index (χ0) is 14.1. The first kappa shape index (κ1) is 16.2. The fourth-order valence-corrected chi connectivity index (χ4v) is 2.55. The van der Waals surface area contributed by atoms with E-state index in [0.29, 0.717) is 12.6 Å². The normalized spacial score (nSPS) is 20.5. The topological polar surface area (TPSA) is 62.9 Å². The smallest absolute Gasteiger partial charge is 0.188 e. The number of nitrogens with zero attached hydrogens (tertiary/aromatic N) is 2. The SMILES string of the molecule is CCN1CCC(CCN=C(N)NC(C)COC)CC1. The van der Waals surface area contributed by atoms with Crippen molar-refractivity contribution in [2.45, 2.75) is 39.2 Å². The largest absolute Gasteiger partial charge is 0.383 e. The van der Waals surface area contributed by atoms with E-state index in [-0.39, 0.29) is 6.04 Å². The summed E-state index contributed by atoms with van der Waals surface area (Å²) < 4.78 is 5.05. The lowest BCUT2D eigenvalue weighted by atomic mass is 9.94. The predicted molar refractivity (Wildman–Crippen MR) is 80.4 cm³/mol. The van der Waals surface area contributed by atoms with Gasteiger partial charge in [0.2, 0.25) is 0 Å². The highest BCUT2D eigenvalue weighted by atomic mass is 16.5. The molecule has 0 spiro atoms. The molecule has 0 bridgehead atoms. The van der Waals surface area contributed by atoms with Crippen LogP contribution in [0.3, 0.4) is 0 Å². The molecule has 1 fully saturated rings. The molecule has 3 N–H and O–H groups in total. The van der Waals surface area contributed by atoms with E-state index in [4.69, 9.17) is 10.5 Å². The Labute approximate surface area is 117 Å². The fraction of sp³-hybridized carbons (Fsp3) is 0.929. The molecule has 0 aromatic heterocycles. The molecular weight excluding hydrogens is 240 g/mol. The summed E-state index contributed by atoms with van der Waals surface area (Å²) in [6.45, 7) is 9.40. The van der Waals surface area contributed by atoms with Gasteiger partial charge in [-0.15, -0.1) is 0 Å². The van der Waals surface area contributed by atoms with Crippen LogP contribution in [0, 0.1) is 5.92 Å². The number of guanidine groups is 1. The number of piperidine rings is 1. The van der Waals surface area contributed by atoms with Crippen LogP contribution in [0.2, 0.25) is 0 Å². The van der Waals surface area contributed by atoms with Crippen LogP contribution in [0.15, 0.2) is 4.99 Å². The zero-order valence-electron chi connectivity index (χ0n) is 12.7. The van der Waals surface area contributed by atoms with Crippen LogP contribution in [0.1, 0.15) is 33.1 Å². The van der Waals surface area contributed by atoms with E-state index in [1.165, 1.54) is 32.5 Å². The number of methoxy groups -OCH3 is 1. The summed E-state index contributed by atoms with van der Waals surface area (Å²) in [7, 11) is 1.69. The molecule has 1 rings (SSSR count). The highest BCUT2D eigenvalue weighted by Gasteiger charge is 2.17. The van der Waals surface area contributed by atoms with Crippen LogP contribution >= 0.6 is 0 Å². The first-order valence-corrected chi connectivity index (χ1v) is 7.43. The highest BCUT2D eigenvalue weighted by Crippen LogP contribution is 2.19. The Morgan fingerprint density at radius 1 is 1.47 bits per heavy atom. The number of nitrogens with one attached hydrogen (secondary N) is 1. The quantitative estimate of drug-likeness (QED) is 0.536. The van der Waals surface area contributed by atoms with Gasteiger partial charge in [-0.25, -0.2) is 0 Å². The minimum atomic E-state index is 0.210. The molecular formula is C14H30N4O.